The van der Waals surface area contributed by atoms with E-state index in [0.717, 1.165) is 24.9 Å². The molecule has 2 aromatic carbocycles. The second kappa shape index (κ2) is 7.60. The van der Waals surface area contributed by atoms with Crippen LogP contribution in [0.15, 0.2) is 59.5 Å². The molecular formula is C20H24N2O3S. The molecule has 0 saturated carbocycles. The van der Waals surface area contributed by atoms with E-state index in [4.69, 9.17) is 0 Å². The summed E-state index contributed by atoms with van der Waals surface area (Å²) in [5, 5.41) is 0. The molecule has 0 bridgehead atoms. The maximum atomic E-state index is 13.0. The summed E-state index contributed by atoms with van der Waals surface area (Å²) < 4.78 is 27.6. The van der Waals surface area contributed by atoms with Gasteiger partial charge in [-0.3, -0.25) is 4.79 Å². The molecule has 5 nitrogen and oxygen atoms in total. The third-order valence-electron chi connectivity index (χ3n) is 4.88. The lowest BCUT2D eigenvalue weighted by atomic mass is 10.1. The Kier molecular flexibility index (Phi) is 5.44. The van der Waals surface area contributed by atoms with Crippen molar-refractivity contribution in [3.63, 3.8) is 0 Å². The minimum Gasteiger partial charge on any atom is -0.311 e. The second-order valence-corrected chi connectivity index (χ2v) is 8.58. The molecule has 0 spiro atoms. The Morgan fingerprint density at radius 2 is 1.81 bits per heavy atom. The third-order valence-corrected chi connectivity index (χ3v) is 6.89. The van der Waals surface area contributed by atoms with Gasteiger partial charge in [0.25, 0.3) is 5.91 Å². The molecule has 0 radical (unpaired) electrons. The molecule has 6 heteroatoms. The van der Waals surface area contributed by atoms with Crippen LogP contribution in [0.3, 0.4) is 0 Å². The van der Waals surface area contributed by atoms with Crippen LogP contribution in [-0.4, -0.2) is 38.3 Å². The van der Waals surface area contributed by atoms with Crippen LogP contribution in [-0.2, 0) is 10.0 Å². The number of rotatable bonds is 4. The molecule has 0 aliphatic carbocycles. The van der Waals surface area contributed by atoms with Gasteiger partial charge in [-0.15, -0.1) is 0 Å². The van der Waals surface area contributed by atoms with Gasteiger partial charge in [0.2, 0.25) is 10.0 Å². The topological polar surface area (TPSA) is 57.7 Å². The first-order valence-electron chi connectivity index (χ1n) is 8.86. The number of carbonyl (C=O) groups is 1. The average Bonchev–Trinajstić information content (AvgIpc) is 2.68. The smallest absolute Gasteiger partial charge is 0.258 e. The molecular weight excluding hydrogens is 348 g/mol. The Balaban J connectivity index is 1.89. The Morgan fingerprint density at radius 1 is 1.08 bits per heavy atom. The molecule has 26 heavy (non-hydrogen) atoms. The van der Waals surface area contributed by atoms with Gasteiger partial charge in [0, 0.05) is 30.9 Å². The predicted molar refractivity (Wildman–Crippen MR) is 103 cm³/mol. The summed E-state index contributed by atoms with van der Waals surface area (Å²) in [5.74, 6) is -0.236. The predicted octanol–water partition coefficient (Wildman–Crippen LogP) is 3.53. The third kappa shape index (κ3) is 3.66. The minimum atomic E-state index is -3.59. The van der Waals surface area contributed by atoms with Crippen molar-refractivity contribution in [1.82, 2.24) is 4.31 Å². The van der Waals surface area contributed by atoms with E-state index < -0.39 is 10.0 Å². The van der Waals surface area contributed by atoms with Gasteiger partial charge in [-0.05, 0) is 50.1 Å². The zero-order valence-corrected chi connectivity index (χ0v) is 15.9. The second-order valence-electron chi connectivity index (χ2n) is 6.69. The van der Waals surface area contributed by atoms with Crippen LogP contribution in [0, 0.1) is 0 Å². The van der Waals surface area contributed by atoms with E-state index in [1.54, 1.807) is 29.6 Å². The maximum absolute atomic E-state index is 13.0. The van der Waals surface area contributed by atoms with Crippen LogP contribution in [0.25, 0.3) is 0 Å². The number of carbonyl (C=O) groups excluding carboxylic acids is 1. The summed E-state index contributed by atoms with van der Waals surface area (Å²) in [5.41, 5.74) is 1.12. The van der Waals surface area contributed by atoms with Gasteiger partial charge < -0.3 is 4.90 Å². The number of piperidine rings is 1. The molecule has 1 atom stereocenters. The zero-order chi connectivity index (χ0) is 18.7. The van der Waals surface area contributed by atoms with Crippen molar-refractivity contribution >= 4 is 21.6 Å². The highest BCUT2D eigenvalue weighted by atomic mass is 32.2. The first-order valence-corrected chi connectivity index (χ1v) is 10.3. The molecule has 1 heterocycles. The van der Waals surface area contributed by atoms with Gasteiger partial charge in [-0.2, -0.15) is 4.31 Å². The molecule has 1 aliphatic heterocycles. The fourth-order valence-electron chi connectivity index (χ4n) is 3.32. The maximum Gasteiger partial charge on any atom is 0.258 e. The van der Waals surface area contributed by atoms with Crippen molar-refractivity contribution in [1.29, 1.82) is 0 Å². The molecule has 1 unspecified atom stereocenters. The molecule has 2 aromatic rings. The summed E-state index contributed by atoms with van der Waals surface area (Å²) in [6.45, 7) is 2.47. The number of sulfonamides is 1. The molecule has 138 valence electrons. The van der Waals surface area contributed by atoms with Gasteiger partial charge in [-0.1, -0.05) is 30.7 Å². The number of nitrogens with zero attached hydrogens (tertiary/aromatic N) is 2. The van der Waals surface area contributed by atoms with Crippen LogP contribution in [0.2, 0.25) is 0 Å². The molecule has 0 aromatic heterocycles. The van der Waals surface area contributed by atoms with Crippen LogP contribution in [0.1, 0.15) is 36.5 Å². The van der Waals surface area contributed by atoms with Crippen molar-refractivity contribution in [3.05, 3.63) is 60.2 Å². The molecule has 1 fully saturated rings. The highest BCUT2D eigenvalue weighted by Gasteiger charge is 2.31. The van der Waals surface area contributed by atoms with E-state index in [-0.39, 0.29) is 16.8 Å². The summed E-state index contributed by atoms with van der Waals surface area (Å²) in [6, 6.07) is 15.6. The van der Waals surface area contributed by atoms with Gasteiger partial charge >= 0.3 is 0 Å². The lowest BCUT2D eigenvalue weighted by molar-refractivity contribution is 0.0993. The van der Waals surface area contributed by atoms with E-state index in [9.17, 15) is 13.2 Å². The molecule has 1 saturated heterocycles. The van der Waals surface area contributed by atoms with Crippen molar-refractivity contribution in [2.45, 2.75) is 37.1 Å². The number of para-hydroxylation sites is 1. The summed E-state index contributed by atoms with van der Waals surface area (Å²) in [7, 11) is -1.91. The largest absolute Gasteiger partial charge is 0.311 e. The summed E-state index contributed by atoms with van der Waals surface area (Å²) in [4.78, 5) is 14.5. The zero-order valence-electron chi connectivity index (χ0n) is 15.1. The van der Waals surface area contributed by atoms with Gasteiger partial charge in [0.1, 0.15) is 0 Å². The Hall–Kier alpha value is -2.18. The van der Waals surface area contributed by atoms with Crippen molar-refractivity contribution in [2.24, 2.45) is 0 Å². The Morgan fingerprint density at radius 3 is 2.50 bits per heavy atom. The SMILES string of the molecule is CC1CCCCN1S(=O)(=O)c1cccc(C(=O)N(C)c2ccccc2)c1. The molecule has 1 amide bonds. The molecule has 1 aliphatic rings. The van der Waals surface area contributed by atoms with Gasteiger partial charge in [0.15, 0.2) is 0 Å². The quantitative estimate of drug-likeness (QED) is 0.825. The molecule has 0 N–H and O–H groups in total. The van der Waals surface area contributed by atoms with E-state index in [0.29, 0.717) is 12.1 Å². The van der Waals surface area contributed by atoms with Gasteiger partial charge in [-0.25, -0.2) is 8.42 Å². The van der Waals surface area contributed by atoms with E-state index in [1.807, 2.05) is 37.3 Å². The highest BCUT2D eigenvalue weighted by Crippen LogP contribution is 2.26. The lowest BCUT2D eigenvalue weighted by Gasteiger charge is -2.32. The van der Waals surface area contributed by atoms with Crippen molar-refractivity contribution < 1.29 is 13.2 Å². The minimum absolute atomic E-state index is 0.0138. The first kappa shape index (κ1) is 18.6. The monoisotopic (exact) mass is 372 g/mol. The van der Waals surface area contributed by atoms with Crippen molar-refractivity contribution in [2.75, 3.05) is 18.5 Å². The van der Waals surface area contributed by atoms with E-state index >= 15 is 0 Å². The fraction of sp³-hybridized carbons (Fsp3) is 0.350. The Bertz CT molecular complexity index is 881. The summed E-state index contributed by atoms with van der Waals surface area (Å²) in [6.07, 6.45) is 2.79. The summed E-state index contributed by atoms with van der Waals surface area (Å²) >= 11 is 0. The van der Waals surface area contributed by atoms with E-state index in [2.05, 4.69) is 0 Å². The first-order chi connectivity index (χ1) is 12.4. The molecule has 3 rings (SSSR count). The number of hydrogen-bond acceptors (Lipinski definition) is 3. The fourth-order valence-corrected chi connectivity index (χ4v) is 5.06. The number of amides is 1. The van der Waals surface area contributed by atoms with Crippen LogP contribution >= 0.6 is 0 Å². The lowest BCUT2D eigenvalue weighted by Crippen LogP contribution is -2.42. The van der Waals surface area contributed by atoms with Gasteiger partial charge in [0.05, 0.1) is 4.90 Å². The highest BCUT2D eigenvalue weighted by molar-refractivity contribution is 7.89. The number of benzene rings is 2. The van der Waals surface area contributed by atoms with Crippen LogP contribution in [0.4, 0.5) is 5.69 Å². The number of hydrogen-bond donors (Lipinski definition) is 0. The average molecular weight is 372 g/mol. The standard InChI is InChI=1S/C20H24N2O3S/c1-16-9-6-7-14-22(16)26(24,25)19-13-8-10-17(15-19)20(23)21(2)18-11-4-3-5-12-18/h3-5,8,10-13,15-16H,6-7,9,14H2,1-2H3. The van der Waals surface area contributed by atoms with Crippen molar-refractivity contribution in [3.8, 4) is 0 Å². The Labute approximate surface area is 155 Å². The van der Waals surface area contributed by atoms with E-state index in [1.165, 1.54) is 11.0 Å². The van der Waals surface area contributed by atoms with Crippen LogP contribution < -0.4 is 4.90 Å². The number of anilines is 1. The van der Waals surface area contributed by atoms with Crippen LogP contribution in [0.5, 0.6) is 0 Å². The normalized spacial score (nSPS) is 18.5.